The number of benzene rings is 2. The van der Waals surface area contributed by atoms with Crippen LogP contribution in [0.4, 0.5) is 4.39 Å². The molecule has 1 aliphatic rings. The van der Waals surface area contributed by atoms with Crippen LogP contribution in [0, 0.1) is 5.82 Å². The third-order valence-electron chi connectivity index (χ3n) is 4.72. The van der Waals surface area contributed by atoms with Crippen molar-refractivity contribution in [2.45, 2.75) is 23.8 Å². The second-order valence-corrected chi connectivity index (χ2v) is 9.21. The number of fused-ring (bicyclic) bond motifs is 1. The lowest BCUT2D eigenvalue weighted by molar-refractivity contribution is -0.121. The van der Waals surface area contributed by atoms with E-state index in [1.165, 1.54) is 19.2 Å². The van der Waals surface area contributed by atoms with E-state index >= 15 is 0 Å². The van der Waals surface area contributed by atoms with Gasteiger partial charge in [-0.3, -0.25) is 4.79 Å². The van der Waals surface area contributed by atoms with E-state index in [2.05, 4.69) is 5.32 Å². The molecule has 0 fully saturated rings. The van der Waals surface area contributed by atoms with E-state index < -0.39 is 21.9 Å². The molecule has 0 spiro atoms. The van der Waals surface area contributed by atoms with Crippen molar-refractivity contribution in [3.63, 3.8) is 0 Å². The molecule has 1 unspecified atom stereocenters. The highest BCUT2D eigenvalue weighted by molar-refractivity contribution is 7.89. The van der Waals surface area contributed by atoms with Gasteiger partial charge in [0.05, 0.1) is 4.90 Å². The van der Waals surface area contributed by atoms with Crippen molar-refractivity contribution >= 4 is 15.9 Å². The minimum atomic E-state index is -3.76. The molecule has 1 amide bonds. The van der Waals surface area contributed by atoms with Gasteiger partial charge in [-0.15, -0.1) is 0 Å². The molecule has 0 saturated heterocycles. The van der Waals surface area contributed by atoms with Crippen molar-refractivity contribution in [3.05, 3.63) is 48.3 Å². The fourth-order valence-corrected chi connectivity index (χ4v) is 4.12. The highest BCUT2D eigenvalue weighted by Crippen LogP contribution is 2.35. The number of aliphatic hydroxyl groups is 1. The maximum absolute atomic E-state index is 13.0. The Balaban J connectivity index is 1.34. The Morgan fingerprint density at radius 2 is 1.94 bits per heavy atom. The molecule has 1 atom stereocenters. The Labute approximate surface area is 185 Å². The smallest absolute Gasteiger partial charge is 0.242 e. The molecule has 9 nitrogen and oxygen atoms in total. The first-order valence-corrected chi connectivity index (χ1v) is 11.4. The predicted octanol–water partition coefficient (Wildman–Crippen LogP) is 1.51. The number of halogens is 1. The summed E-state index contributed by atoms with van der Waals surface area (Å²) in [5.41, 5.74) is 0. The highest BCUT2D eigenvalue weighted by Gasteiger charge is 2.20. The van der Waals surface area contributed by atoms with Gasteiger partial charge in [0.2, 0.25) is 22.7 Å². The molecule has 32 heavy (non-hydrogen) atoms. The zero-order chi connectivity index (χ0) is 23.1. The molecule has 11 heteroatoms. The first-order valence-electron chi connectivity index (χ1n) is 9.95. The number of hydrogen-bond acceptors (Lipinski definition) is 7. The topological polar surface area (TPSA) is 114 Å². The zero-order valence-electron chi connectivity index (χ0n) is 17.5. The second kappa shape index (κ2) is 10.6. The van der Waals surface area contributed by atoms with Crippen molar-refractivity contribution < 1.29 is 36.9 Å². The van der Waals surface area contributed by atoms with Gasteiger partial charge in [-0.05, 0) is 42.8 Å². The maximum atomic E-state index is 13.0. The van der Waals surface area contributed by atoms with Gasteiger partial charge in [-0.1, -0.05) is 0 Å². The number of nitrogens with zero attached hydrogens (tertiary/aromatic N) is 1. The molecular formula is C21H25FN2O7S. The standard InChI is InChI=1S/C21H25FN2O7S/c1-24(32(27,28)18-7-4-15(22)5-8-18)10-2-3-21(26)23-12-16(25)13-29-17-6-9-19-20(11-17)31-14-30-19/h4-9,11,16,25H,2-3,10,12-14H2,1H3,(H,23,26). The van der Waals surface area contributed by atoms with E-state index in [4.69, 9.17) is 14.2 Å². The fraction of sp³-hybridized carbons (Fsp3) is 0.381. The first kappa shape index (κ1) is 23.8. The molecule has 0 radical (unpaired) electrons. The fourth-order valence-electron chi connectivity index (χ4n) is 2.91. The van der Waals surface area contributed by atoms with Gasteiger partial charge in [0.25, 0.3) is 0 Å². The zero-order valence-corrected chi connectivity index (χ0v) is 18.3. The van der Waals surface area contributed by atoms with Gasteiger partial charge in [0.1, 0.15) is 24.3 Å². The Kier molecular flexibility index (Phi) is 7.89. The number of hydrogen-bond donors (Lipinski definition) is 2. The summed E-state index contributed by atoms with van der Waals surface area (Å²) in [7, 11) is -2.36. The van der Waals surface area contributed by atoms with Gasteiger partial charge in [-0.25, -0.2) is 17.1 Å². The number of carbonyl (C=O) groups excluding carboxylic acids is 1. The van der Waals surface area contributed by atoms with Crippen LogP contribution in [-0.2, 0) is 14.8 Å². The van der Waals surface area contributed by atoms with E-state index in [1.54, 1.807) is 18.2 Å². The number of ether oxygens (including phenoxy) is 3. The molecule has 0 saturated carbocycles. The average Bonchev–Trinajstić information content (AvgIpc) is 3.24. The molecular weight excluding hydrogens is 443 g/mol. The van der Waals surface area contributed by atoms with Crippen LogP contribution in [0.3, 0.4) is 0 Å². The van der Waals surface area contributed by atoms with Gasteiger partial charge >= 0.3 is 0 Å². The monoisotopic (exact) mass is 468 g/mol. The van der Waals surface area contributed by atoms with Gasteiger partial charge < -0.3 is 24.6 Å². The molecule has 2 N–H and O–H groups in total. The lowest BCUT2D eigenvalue weighted by Crippen LogP contribution is -2.35. The average molecular weight is 469 g/mol. The van der Waals surface area contributed by atoms with Gasteiger partial charge in [0, 0.05) is 32.6 Å². The van der Waals surface area contributed by atoms with Gasteiger partial charge in [-0.2, -0.15) is 0 Å². The number of rotatable bonds is 11. The van der Waals surface area contributed by atoms with Crippen molar-refractivity contribution in [2.24, 2.45) is 0 Å². The largest absolute Gasteiger partial charge is 0.491 e. The van der Waals surface area contributed by atoms with Crippen molar-refractivity contribution in [1.82, 2.24) is 9.62 Å². The molecule has 0 aromatic heterocycles. The number of nitrogens with one attached hydrogen (secondary N) is 1. The molecule has 2 aromatic carbocycles. The summed E-state index contributed by atoms with van der Waals surface area (Å²) in [5, 5.41) is 12.6. The Hall–Kier alpha value is -2.89. The van der Waals surface area contributed by atoms with Crippen molar-refractivity contribution in [1.29, 1.82) is 0 Å². The van der Waals surface area contributed by atoms with Crippen molar-refractivity contribution in [3.8, 4) is 17.2 Å². The highest BCUT2D eigenvalue weighted by atomic mass is 32.2. The Bertz CT molecular complexity index is 1030. The lowest BCUT2D eigenvalue weighted by atomic mass is 10.3. The van der Waals surface area contributed by atoms with E-state index in [1.807, 2.05) is 0 Å². The Morgan fingerprint density at radius 1 is 1.22 bits per heavy atom. The maximum Gasteiger partial charge on any atom is 0.242 e. The molecule has 1 aliphatic heterocycles. The third-order valence-corrected chi connectivity index (χ3v) is 6.59. The summed E-state index contributed by atoms with van der Waals surface area (Å²) in [6.45, 7) is 0.232. The number of sulfonamides is 1. The molecule has 174 valence electrons. The lowest BCUT2D eigenvalue weighted by Gasteiger charge is -2.17. The van der Waals surface area contributed by atoms with Crippen LogP contribution >= 0.6 is 0 Å². The van der Waals surface area contributed by atoms with Crippen LogP contribution in [0.2, 0.25) is 0 Å². The molecule has 3 rings (SSSR count). The number of amides is 1. The molecule has 2 aromatic rings. The SMILES string of the molecule is CN(CCCC(=O)NCC(O)COc1ccc2c(c1)OCO2)S(=O)(=O)c1ccc(F)cc1. The minimum Gasteiger partial charge on any atom is -0.491 e. The second-order valence-electron chi connectivity index (χ2n) is 7.17. The minimum absolute atomic E-state index is 0.00684. The quantitative estimate of drug-likeness (QED) is 0.514. The van der Waals surface area contributed by atoms with Gasteiger partial charge in [0.15, 0.2) is 11.5 Å². The summed E-state index contributed by atoms with van der Waals surface area (Å²) < 4.78 is 54.9. The van der Waals surface area contributed by atoms with E-state index in [9.17, 15) is 22.7 Å². The van der Waals surface area contributed by atoms with E-state index in [-0.39, 0.29) is 50.1 Å². The number of carbonyl (C=O) groups is 1. The Morgan fingerprint density at radius 3 is 2.69 bits per heavy atom. The summed E-state index contributed by atoms with van der Waals surface area (Å²) in [6.07, 6.45) is -0.558. The summed E-state index contributed by atoms with van der Waals surface area (Å²) in [5.74, 6) is 0.856. The van der Waals surface area contributed by atoms with Crippen LogP contribution in [0.1, 0.15) is 12.8 Å². The van der Waals surface area contributed by atoms with Crippen LogP contribution in [0.25, 0.3) is 0 Å². The third kappa shape index (κ3) is 6.31. The summed E-state index contributed by atoms with van der Waals surface area (Å²) >= 11 is 0. The summed E-state index contributed by atoms with van der Waals surface area (Å²) in [6, 6.07) is 9.60. The van der Waals surface area contributed by atoms with Crippen LogP contribution in [0.15, 0.2) is 47.4 Å². The molecule has 0 aliphatic carbocycles. The molecule has 1 heterocycles. The van der Waals surface area contributed by atoms with E-state index in [0.717, 1.165) is 16.4 Å². The normalized spacial score (nSPS) is 13.8. The number of aliphatic hydroxyl groups excluding tert-OH is 1. The van der Waals surface area contributed by atoms with Crippen LogP contribution < -0.4 is 19.5 Å². The van der Waals surface area contributed by atoms with Crippen molar-refractivity contribution in [2.75, 3.05) is 33.5 Å². The van der Waals surface area contributed by atoms with E-state index in [0.29, 0.717) is 17.2 Å². The van der Waals surface area contributed by atoms with Crippen LogP contribution in [0.5, 0.6) is 17.2 Å². The first-order chi connectivity index (χ1) is 15.3. The molecule has 0 bridgehead atoms. The predicted molar refractivity (Wildman–Crippen MR) is 113 cm³/mol. The summed E-state index contributed by atoms with van der Waals surface area (Å²) in [4.78, 5) is 12.0. The van der Waals surface area contributed by atoms with Crippen LogP contribution in [-0.4, -0.2) is 63.4 Å².